The first-order valence-electron chi connectivity index (χ1n) is 7.92. The van der Waals surface area contributed by atoms with E-state index in [2.05, 4.69) is 4.98 Å². The molecule has 1 unspecified atom stereocenters. The maximum Gasteiger partial charge on any atom is 0.490 e. The smallest absolute Gasteiger partial charge is 0.486 e. The van der Waals surface area contributed by atoms with E-state index in [0.717, 1.165) is 5.69 Å². The number of rotatable bonds is 3. The highest BCUT2D eigenvalue weighted by atomic mass is 32.2. The lowest BCUT2D eigenvalue weighted by Crippen LogP contribution is -2.38. The molecule has 1 aliphatic rings. The van der Waals surface area contributed by atoms with Crippen LogP contribution in [0.5, 0.6) is 5.75 Å². The molecular weight excluding hydrogens is 403 g/mol. The second-order valence-electron chi connectivity index (χ2n) is 5.94. The van der Waals surface area contributed by atoms with Gasteiger partial charge in [-0.05, 0) is 24.3 Å². The summed E-state index contributed by atoms with van der Waals surface area (Å²) in [5.41, 5.74) is 0.970. The zero-order valence-corrected chi connectivity index (χ0v) is 15.5. The molecule has 0 spiro atoms. The van der Waals surface area contributed by atoms with Crippen LogP contribution in [0.2, 0.25) is 0 Å². The molecule has 0 radical (unpaired) electrons. The van der Waals surface area contributed by atoms with Crippen molar-refractivity contribution in [2.45, 2.75) is 25.4 Å². The summed E-state index contributed by atoms with van der Waals surface area (Å²) in [6.45, 7) is 1.32. The molecule has 12 heteroatoms. The molecule has 28 heavy (non-hydrogen) atoms. The van der Waals surface area contributed by atoms with Crippen LogP contribution in [0.3, 0.4) is 0 Å². The number of alkyl halides is 3. The Morgan fingerprint density at radius 1 is 1.29 bits per heavy atom. The second-order valence-corrected chi connectivity index (χ2v) is 7.92. The number of aliphatic carboxylic acids is 1. The van der Waals surface area contributed by atoms with E-state index in [0.29, 0.717) is 25.4 Å². The molecule has 2 aromatic rings. The van der Waals surface area contributed by atoms with Crippen LogP contribution in [0.25, 0.3) is 0 Å². The largest absolute Gasteiger partial charge is 0.490 e. The minimum absolute atomic E-state index is 0.252. The van der Waals surface area contributed by atoms with Gasteiger partial charge < -0.3 is 14.4 Å². The molecule has 0 bridgehead atoms. The summed E-state index contributed by atoms with van der Waals surface area (Å²) >= 11 is 0. The molecular formula is C16H18F3N3O5S. The van der Waals surface area contributed by atoms with Crippen molar-refractivity contribution >= 4 is 16.0 Å². The number of ether oxygens (including phenoxy) is 1. The minimum Gasteiger partial charge on any atom is -0.486 e. The van der Waals surface area contributed by atoms with Gasteiger partial charge in [-0.1, -0.05) is 0 Å². The highest BCUT2D eigenvalue weighted by Crippen LogP contribution is 2.19. The number of pyridine rings is 1. The van der Waals surface area contributed by atoms with Crippen molar-refractivity contribution in [2.75, 3.05) is 12.8 Å². The van der Waals surface area contributed by atoms with E-state index in [-0.39, 0.29) is 6.10 Å². The number of halogens is 3. The molecule has 0 aromatic carbocycles. The van der Waals surface area contributed by atoms with E-state index in [9.17, 15) is 21.6 Å². The molecule has 0 aliphatic carbocycles. The van der Waals surface area contributed by atoms with Gasteiger partial charge >= 0.3 is 12.1 Å². The van der Waals surface area contributed by atoms with Gasteiger partial charge in [0, 0.05) is 18.1 Å². The second kappa shape index (κ2) is 8.61. The van der Waals surface area contributed by atoms with Crippen molar-refractivity contribution in [3.63, 3.8) is 0 Å². The van der Waals surface area contributed by atoms with E-state index in [1.165, 1.54) is 10.6 Å². The Morgan fingerprint density at radius 2 is 1.96 bits per heavy atom. The fraction of sp³-hybridized carbons (Fsp3) is 0.375. The molecule has 0 saturated carbocycles. The first-order valence-corrected chi connectivity index (χ1v) is 9.77. The SMILES string of the molecule is CS(=O)(=O)N1Cc2cccn2CC(Oc2cccnc2)C1.O=C(O)C(F)(F)F. The fourth-order valence-electron chi connectivity index (χ4n) is 2.46. The average molecular weight is 421 g/mol. The first kappa shape index (κ1) is 21.7. The van der Waals surface area contributed by atoms with E-state index in [4.69, 9.17) is 14.6 Å². The Bertz CT molecular complexity index is 900. The van der Waals surface area contributed by atoms with Crippen molar-refractivity contribution < 1.29 is 36.2 Å². The summed E-state index contributed by atoms with van der Waals surface area (Å²) in [5.74, 6) is -2.11. The van der Waals surface area contributed by atoms with Gasteiger partial charge in [0.15, 0.2) is 0 Å². The standard InChI is InChI=1S/C14H17N3O3S.C2HF3O2/c1-21(18,19)17-9-12-4-3-7-16(12)10-14(11-17)20-13-5-2-6-15-8-13;3-2(4,5)1(6)7/h2-8,14H,9-11H2,1H3;(H,6,7). The predicted molar refractivity (Wildman–Crippen MR) is 92.0 cm³/mol. The van der Waals surface area contributed by atoms with Gasteiger partial charge in [-0.15, -0.1) is 0 Å². The number of sulfonamides is 1. The number of carboxylic acids is 1. The van der Waals surface area contributed by atoms with Gasteiger partial charge in [0.2, 0.25) is 10.0 Å². The Balaban J connectivity index is 0.000000345. The third-order valence-corrected chi connectivity index (χ3v) is 4.93. The quantitative estimate of drug-likeness (QED) is 0.810. The van der Waals surface area contributed by atoms with Crippen LogP contribution >= 0.6 is 0 Å². The predicted octanol–water partition coefficient (Wildman–Crippen LogP) is 1.74. The van der Waals surface area contributed by atoms with Crippen LogP contribution in [-0.4, -0.2) is 58.4 Å². The van der Waals surface area contributed by atoms with Gasteiger partial charge in [0.05, 0.1) is 32.1 Å². The van der Waals surface area contributed by atoms with Gasteiger partial charge in [-0.3, -0.25) is 4.98 Å². The van der Waals surface area contributed by atoms with Crippen LogP contribution in [-0.2, 0) is 27.9 Å². The molecule has 8 nitrogen and oxygen atoms in total. The maximum absolute atomic E-state index is 11.9. The summed E-state index contributed by atoms with van der Waals surface area (Å²) in [5, 5.41) is 7.12. The topological polar surface area (TPSA) is 102 Å². The van der Waals surface area contributed by atoms with Crippen molar-refractivity contribution in [2.24, 2.45) is 0 Å². The van der Waals surface area contributed by atoms with Crippen LogP contribution in [0.4, 0.5) is 13.2 Å². The Kier molecular flexibility index (Phi) is 6.67. The third-order valence-electron chi connectivity index (χ3n) is 3.72. The summed E-state index contributed by atoms with van der Waals surface area (Å²) in [6, 6.07) is 7.47. The summed E-state index contributed by atoms with van der Waals surface area (Å²) in [4.78, 5) is 12.9. The van der Waals surface area contributed by atoms with Crippen LogP contribution in [0, 0.1) is 0 Å². The van der Waals surface area contributed by atoms with Crippen molar-refractivity contribution in [3.8, 4) is 5.75 Å². The highest BCUT2D eigenvalue weighted by Gasteiger charge is 2.38. The Morgan fingerprint density at radius 3 is 2.50 bits per heavy atom. The number of nitrogens with zero attached hydrogens (tertiary/aromatic N) is 3. The number of hydrogen-bond acceptors (Lipinski definition) is 5. The molecule has 1 N–H and O–H groups in total. The van der Waals surface area contributed by atoms with E-state index >= 15 is 0 Å². The summed E-state index contributed by atoms with van der Waals surface area (Å²) in [6.07, 6.45) is 1.14. The minimum atomic E-state index is -5.08. The monoisotopic (exact) mass is 421 g/mol. The number of aromatic nitrogens is 2. The lowest BCUT2D eigenvalue weighted by Gasteiger charge is -2.22. The van der Waals surface area contributed by atoms with Crippen LogP contribution in [0.1, 0.15) is 5.69 Å². The Labute approximate surface area is 159 Å². The van der Waals surface area contributed by atoms with Crippen molar-refractivity contribution in [3.05, 3.63) is 48.5 Å². The van der Waals surface area contributed by atoms with E-state index in [1.807, 2.05) is 29.0 Å². The number of fused-ring (bicyclic) bond motifs is 1. The lowest BCUT2D eigenvalue weighted by molar-refractivity contribution is -0.192. The molecule has 3 heterocycles. The average Bonchev–Trinajstić information content (AvgIpc) is 2.93. The Hall–Kier alpha value is -2.60. The van der Waals surface area contributed by atoms with E-state index in [1.54, 1.807) is 18.5 Å². The molecule has 1 aliphatic heterocycles. The number of carboxylic acid groups (broad SMARTS) is 1. The third kappa shape index (κ3) is 6.23. The highest BCUT2D eigenvalue weighted by molar-refractivity contribution is 7.88. The zero-order valence-electron chi connectivity index (χ0n) is 14.7. The van der Waals surface area contributed by atoms with Gasteiger partial charge in [0.1, 0.15) is 11.9 Å². The summed E-state index contributed by atoms with van der Waals surface area (Å²) in [7, 11) is -3.27. The van der Waals surface area contributed by atoms with Gasteiger partial charge in [-0.2, -0.15) is 17.5 Å². The molecule has 1 atom stereocenters. The molecule has 0 fully saturated rings. The number of hydrogen-bond donors (Lipinski definition) is 1. The number of carbonyl (C=O) groups is 1. The normalized spacial score (nSPS) is 17.6. The molecule has 0 amide bonds. The molecule has 3 rings (SSSR count). The fourth-order valence-corrected chi connectivity index (χ4v) is 3.26. The van der Waals surface area contributed by atoms with Crippen LogP contribution < -0.4 is 4.74 Å². The van der Waals surface area contributed by atoms with E-state index < -0.39 is 22.2 Å². The first-order chi connectivity index (χ1) is 13.0. The maximum atomic E-state index is 11.9. The van der Waals surface area contributed by atoms with Crippen molar-refractivity contribution in [1.29, 1.82) is 0 Å². The lowest BCUT2D eigenvalue weighted by atomic mass is 10.3. The molecule has 0 saturated heterocycles. The zero-order chi connectivity index (χ0) is 20.9. The van der Waals surface area contributed by atoms with Crippen LogP contribution in [0.15, 0.2) is 42.9 Å². The van der Waals surface area contributed by atoms with Gasteiger partial charge in [0.25, 0.3) is 0 Å². The van der Waals surface area contributed by atoms with Crippen molar-refractivity contribution in [1.82, 2.24) is 13.9 Å². The molecule has 2 aromatic heterocycles. The molecule has 154 valence electrons. The summed E-state index contributed by atoms with van der Waals surface area (Å²) < 4.78 is 65.0. The van der Waals surface area contributed by atoms with Gasteiger partial charge in [-0.25, -0.2) is 13.2 Å².